The van der Waals surface area contributed by atoms with E-state index < -0.39 is 29.0 Å². The van der Waals surface area contributed by atoms with E-state index in [4.69, 9.17) is 25.8 Å². The molecule has 0 unspecified atom stereocenters. The molecule has 2 aliphatic heterocycles. The van der Waals surface area contributed by atoms with Gasteiger partial charge in [-0.2, -0.15) is 0 Å². The maximum Gasteiger partial charge on any atom is 0.236 e. The molecule has 33 heavy (non-hydrogen) atoms. The topological polar surface area (TPSA) is 90.9 Å². The highest BCUT2D eigenvalue weighted by Gasteiger charge is 2.63. The van der Waals surface area contributed by atoms with E-state index in [1.807, 2.05) is 12.1 Å². The Hall–Kier alpha value is -2.36. The first-order valence-corrected chi connectivity index (χ1v) is 12.2. The largest absolute Gasteiger partial charge is 0.496 e. The Morgan fingerprint density at radius 1 is 1.15 bits per heavy atom. The Morgan fingerprint density at radius 3 is 2.52 bits per heavy atom. The fraction of sp³-hybridized carbons (Fsp3) is 0.348. The van der Waals surface area contributed by atoms with Crippen LogP contribution in [0.1, 0.15) is 40.9 Å². The van der Waals surface area contributed by atoms with Crippen LogP contribution in [-0.4, -0.2) is 37.3 Å². The van der Waals surface area contributed by atoms with Crippen LogP contribution >= 0.6 is 38.9 Å². The van der Waals surface area contributed by atoms with Gasteiger partial charge >= 0.3 is 0 Å². The van der Waals surface area contributed by atoms with Gasteiger partial charge in [-0.05, 0) is 34.5 Å². The second-order valence-corrected chi connectivity index (χ2v) is 11.1. The predicted molar refractivity (Wildman–Crippen MR) is 126 cm³/mol. The van der Waals surface area contributed by atoms with Crippen LogP contribution in [0.2, 0.25) is 5.02 Å². The Balaban J connectivity index is 1.67. The third-order valence-electron chi connectivity index (χ3n) is 6.50. The van der Waals surface area contributed by atoms with Crippen LogP contribution in [0.3, 0.4) is 0 Å². The molecule has 1 N–H and O–H groups in total. The summed E-state index contributed by atoms with van der Waals surface area (Å²) in [7, 11) is 2.87. The lowest BCUT2D eigenvalue weighted by Gasteiger charge is -2.41. The number of halogens is 2. The monoisotopic (exact) mass is 551 g/mol. The van der Waals surface area contributed by atoms with Crippen molar-refractivity contribution in [2.45, 2.75) is 31.3 Å². The highest BCUT2D eigenvalue weighted by atomic mass is 79.9. The molecule has 10 heteroatoms. The molecule has 5 rings (SSSR count). The fourth-order valence-corrected chi connectivity index (χ4v) is 6.75. The second-order valence-electron chi connectivity index (χ2n) is 8.24. The normalized spacial score (nSPS) is 26.2. The number of Topliss-reactive ketones (excluding diaryl/α,β-unsaturated/α-hetero) is 2. The lowest BCUT2D eigenvalue weighted by molar-refractivity contribution is -0.131. The van der Waals surface area contributed by atoms with Crippen molar-refractivity contribution < 1.29 is 28.6 Å². The molecule has 7 nitrogen and oxygen atoms in total. The zero-order valence-corrected chi connectivity index (χ0v) is 21.1. The summed E-state index contributed by atoms with van der Waals surface area (Å²) < 4.78 is 17.8. The van der Waals surface area contributed by atoms with Crippen molar-refractivity contribution in [3.05, 3.63) is 48.7 Å². The van der Waals surface area contributed by atoms with Gasteiger partial charge in [0.25, 0.3) is 0 Å². The number of fused-ring (bicyclic) bond motifs is 1. The molecule has 0 saturated carbocycles. The highest BCUT2D eigenvalue weighted by Crippen LogP contribution is 2.55. The average Bonchev–Trinajstić information content (AvgIpc) is 3.35. The number of amides is 1. The van der Waals surface area contributed by atoms with E-state index in [9.17, 15) is 14.4 Å². The van der Waals surface area contributed by atoms with E-state index in [-0.39, 0.29) is 40.2 Å². The molecule has 3 heterocycles. The van der Waals surface area contributed by atoms with Crippen LogP contribution < -0.4 is 19.5 Å². The summed E-state index contributed by atoms with van der Waals surface area (Å²) in [6, 6.07) is 5.27. The first-order chi connectivity index (χ1) is 15.7. The van der Waals surface area contributed by atoms with Crippen molar-refractivity contribution in [2.75, 3.05) is 14.2 Å². The van der Waals surface area contributed by atoms with Gasteiger partial charge < -0.3 is 19.5 Å². The van der Waals surface area contributed by atoms with Gasteiger partial charge in [0.15, 0.2) is 5.75 Å². The maximum atomic E-state index is 14.2. The zero-order chi connectivity index (χ0) is 23.7. The van der Waals surface area contributed by atoms with E-state index in [1.165, 1.54) is 31.6 Å². The van der Waals surface area contributed by atoms with Gasteiger partial charge in [-0.15, -0.1) is 11.3 Å². The summed E-state index contributed by atoms with van der Waals surface area (Å²) in [5.41, 5.74) is -0.709. The Labute approximate surface area is 207 Å². The van der Waals surface area contributed by atoms with E-state index in [0.29, 0.717) is 17.7 Å². The van der Waals surface area contributed by atoms with Gasteiger partial charge in [0, 0.05) is 40.5 Å². The first kappa shape index (κ1) is 22.4. The van der Waals surface area contributed by atoms with Crippen LogP contribution in [0.25, 0.3) is 0 Å². The molecular weight excluding hydrogens is 534 g/mol. The summed E-state index contributed by atoms with van der Waals surface area (Å²) in [5.74, 6) is -1.54. The summed E-state index contributed by atoms with van der Waals surface area (Å²) in [4.78, 5) is 41.4. The molecule has 0 saturated heterocycles. The molecule has 1 aromatic heterocycles. The molecule has 1 amide bonds. The van der Waals surface area contributed by atoms with Gasteiger partial charge in [-0.1, -0.05) is 18.5 Å². The summed E-state index contributed by atoms with van der Waals surface area (Å²) in [6.07, 6.45) is 0.410. The SMILES string of the molecule is COc1cc(OC)c2c(c1Cl)O[C@@]1(C(=O)C3=C(C[C@H]1C)NC(=O)C[C@@H]3c1ccc(Br)s1)C2=O. The van der Waals surface area contributed by atoms with E-state index in [0.717, 1.165) is 8.66 Å². The number of carbonyl (C=O) groups excluding carboxylic acids is 3. The Kier molecular flexibility index (Phi) is 5.34. The smallest absolute Gasteiger partial charge is 0.236 e. The van der Waals surface area contributed by atoms with Gasteiger partial charge in [-0.3, -0.25) is 14.4 Å². The molecule has 1 aliphatic carbocycles. The third kappa shape index (κ3) is 3.09. The second kappa shape index (κ2) is 7.85. The standard InChI is InChI=1S/C23H19BrClNO6S/c1-9-6-11-17(10(7-16(27)26-11)14-4-5-15(24)33-14)21(28)23(9)22(29)18-12(30-2)8-13(31-3)19(25)20(18)32-23/h4-5,8-10H,6-7H2,1-3H3,(H,26,27)/t9-,10-,23+/m1/s1. The predicted octanol–water partition coefficient (Wildman–Crippen LogP) is 4.66. The minimum atomic E-state index is -1.79. The van der Waals surface area contributed by atoms with Gasteiger partial charge in [0.2, 0.25) is 23.1 Å². The lowest BCUT2D eigenvalue weighted by Crippen LogP contribution is -2.59. The van der Waals surface area contributed by atoms with Crippen molar-refractivity contribution in [1.82, 2.24) is 5.32 Å². The molecule has 1 aromatic carbocycles. The van der Waals surface area contributed by atoms with Crippen molar-refractivity contribution in [1.29, 1.82) is 0 Å². The molecule has 0 bridgehead atoms. The molecule has 172 valence electrons. The molecular formula is C23H19BrClNO6S. The van der Waals surface area contributed by atoms with E-state index in [2.05, 4.69) is 21.2 Å². The number of hydrogen-bond donors (Lipinski definition) is 1. The van der Waals surface area contributed by atoms with Crippen molar-refractivity contribution >= 4 is 56.3 Å². The molecule has 1 spiro atoms. The number of allylic oxidation sites excluding steroid dienone is 1. The van der Waals surface area contributed by atoms with Crippen LogP contribution in [0, 0.1) is 5.92 Å². The van der Waals surface area contributed by atoms with Crippen LogP contribution in [0.5, 0.6) is 17.2 Å². The van der Waals surface area contributed by atoms with Crippen LogP contribution in [0.15, 0.2) is 33.3 Å². The first-order valence-electron chi connectivity index (χ1n) is 10.2. The van der Waals surface area contributed by atoms with Crippen LogP contribution in [0.4, 0.5) is 0 Å². The van der Waals surface area contributed by atoms with Gasteiger partial charge in [-0.25, -0.2) is 0 Å². The Bertz CT molecular complexity index is 1270. The molecule has 3 atom stereocenters. The third-order valence-corrected chi connectivity index (χ3v) is 8.59. The molecule has 0 radical (unpaired) electrons. The molecule has 2 aromatic rings. The zero-order valence-electron chi connectivity index (χ0n) is 17.9. The number of methoxy groups -OCH3 is 2. The summed E-state index contributed by atoms with van der Waals surface area (Å²) in [6.45, 7) is 1.76. The Morgan fingerprint density at radius 2 is 1.88 bits per heavy atom. The number of ether oxygens (including phenoxy) is 3. The van der Waals surface area contributed by atoms with Crippen molar-refractivity contribution in [3.8, 4) is 17.2 Å². The minimum absolute atomic E-state index is 0.0809. The van der Waals surface area contributed by atoms with E-state index in [1.54, 1.807) is 6.92 Å². The van der Waals surface area contributed by atoms with Crippen LogP contribution in [-0.2, 0) is 9.59 Å². The van der Waals surface area contributed by atoms with E-state index >= 15 is 0 Å². The van der Waals surface area contributed by atoms with Gasteiger partial charge in [0.1, 0.15) is 22.1 Å². The number of ketones is 2. The maximum absolute atomic E-state index is 14.2. The highest BCUT2D eigenvalue weighted by molar-refractivity contribution is 9.11. The summed E-state index contributed by atoms with van der Waals surface area (Å²) in [5, 5.41) is 2.96. The summed E-state index contributed by atoms with van der Waals surface area (Å²) >= 11 is 11.4. The molecule has 3 aliphatic rings. The van der Waals surface area contributed by atoms with Crippen molar-refractivity contribution in [2.24, 2.45) is 5.92 Å². The quantitative estimate of drug-likeness (QED) is 0.557. The number of benzene rings is 1. The lowest BCUT2D eigenvalue weighted by atomic mass is 9.67. The van der Waals surface area contributed by atoms with Gasteiger partial charge in [0.05, 0.1) is 18.0 Å². The fourth-order valence-electron chi connectivity index (χ4n) is 4.95. The minimum Gasteiger partial charge on any atom is -0.496 e. The number of nitrogens with one attached hydrogen (secondary N) is 1. The number of thiophene rings is 1. The number of rotatable bonds is 3. The molecule has 0 fully saturated rings. The average molecular weight is 553 g/mol. The van der Waals surface area contributed by atoms with Crippen molar-refractivity contribution in [3.63, 3.8) is 0 Å². The number of carbonyl (C=O) groups is 3. The number of hydrogen-bond acceptors (Lipinski definition) is 7.